The Morgan fingerprint density at radius 1 is 1.33 bits per heavy atom. The molecule has 6 nitrogen and oxygen atoms in total. The van der Waals surface area contributed by atoms with E-state index in [1.54, 1.807) is 0 Å². The van der Waals surface area contributed by atoms with Crippen molar-refractivity contribution in [1.29, 1.82) is 0 Å². The second-order valence-corrected chi connectivity index (χ2v) is 6.19. The van der Waals surface area contributed by atoms with Gasteiger partial charge in [-0.05, 0) is 30.3 Å². The molecule has 0 unspecified atom stereocenters. The van der Waals surface area contributed by atoms with Gasteiger partial charge in [-0.2, -0.15) is 0 Å². The second kappa shape index (κ2) is 5.38. The molecule has 0 atom stereocenters. The summed E-state index contributed by atoms with van der Waals surface area (Å²) in [5.74, 6) is 0.843. The van der Waals surface area contributed by atoms with Crippen molar-refractivity contribution in [3.8, 4) is 11.3 Å². The van der Waals surface area contributed by atoms with Gasteiger partial charge in [0.15, 0.2) is 0 Å². The van der Waals surface area contributed by atoms with Crippen LogP contribution >= 0.6 is 0 Å². The zero-order chi connectivity index (χ0) is 16.8. The van der Waals surface area contributed by atoms with Crippen molar-refractivity contribution in [1.82, 2.24) is 19.5 Å². The van der Waals surface area contributed by atoms with E-state index in [4.69, 9.17) is 4.98 Å². The predicted octanol–water partition coefficient (Wildman–Crippen LogP) is 1.59. The number of imidazole rings is 1. The zero-order valence-electron chi connectivity index (χ0n) is 13.9. The third-order valence-corrected chi connectivity index (χ3v) is 4.26. The summed E-state index contributed by atoms with van der Waals surface area (Å²) in [5.41, 5.74) is 5.68. The molecule has 3 aromatic heterocycles. The van der Waals surface area contributed by atoms with Crippen LogP contribution in [0.3, 0.4) is 0 Å². The lowest BCUT2D eigenvalue weighted by Gasteiger charge is -2.12. The Morgan fingerprint density at radius 3 is 2.92 bits per heavy atom. The minimum absolute atomic E-state index is 0.0308. The molecule has 0 saturated heterocycles. The van der Waals surface area contributed by atoms with E-state index in [1.807, 2.05) is 62.0 Å². The lowest BCUT2D eigenvalue weighted by atomic mass is 10.1. The van der Waals surface area contributed by atoms with Gasteiger partial charge in [-0.3, -0.25) is 0 Å². The van der Waals surface area contributed by atoms with E-state index in [9.17, 15) is 5.11 Å². The third kappa shape index (κ3) is 2.17. The van der Waals surface area contributed by atoms with Crippen LogP contribution in [0.25, 0.3) is 33.3 Å². The highest BCUT2D eigenvalue weighted by Crippen LogP contribution is 2.32. The maximum absolute atomic E-state index is 9.36. The first-order valence-electron chi connectivity index (χ1n) is 7.79. The number of fused-ring (bicyclic) bond motifs is 3. The van der Waals surface area contributed by atoms with E-state index in [0.717, 1.165) is 44.7 Å². The van der Waals surface area contributed by atoms with Crippen LogP contribution < -0.4 is 4.81 Å². The van der Waals surface area contributed by atoms with Crippen molar-refractivity contribution in [2.75, 3.05) is 11.9 Å². The molecule has 2 N–H and O–H groups in total. The maximum atomic E-state index is 9.36. The standard InChI is InChI=1S/C17H18BN5O/c1-22-9-19-14-15(22)12-7-13(11-5-3-4-10(6-11)8-24)20-16(12)21-17(14)23(2)18/h3-7,9,24H,8,18H2,1-2H3,(H,20,21). The summed E-state index contributed by atoms with van der Waals surface area (Å²) in [4.78, 5) is 14.6. The fourth-order valence-electron chi connectivity index (χ4n) is 3.09. The van der Waals surface area contributed by atoms with Crippen LogP contribution in [-0.2, 0) is 13.7 Å². The van der Waals surface area contributed by atoms with Crippen LogP contribution in [0.15, 0.2) is 36.7 Å². The van der Waals surface area contributed by atoms with Crippen LogP contribution in [0, 0.1) is 0 Å². The topological polar surface area (TPSA) is 70.0 Å². The Balaban J connectivity index is 2.01. The third-order valence-electron chi connectivity index (χ3n) is 4.26. The highest BCUT2D eigenvalue weighted by atomic mass is 16.3. The highest BCUT2D eigenvalue weighted by Gasteiger charge is 2.16. The van der Waals surface area contributed by atoms with E-state index >= 15 is 0 Å². The number of nitrogens with one attached hydrogen (secondary N) is 1. The van der Waals surface area contributed by atoms with Crippen LogP contribution in [0.2, 0.25) is 0 Å². The Kier molecular flexibility index (Phi) is 3.31. The Morgan fingerprint density at radius 2 is 2.17 bits per heavy atom. The molecule has 0 spiro atoms. The minimum Gasteiger partial charge on any atom is -0.408 e. The molecule has 3 heterocycles. The monoisotopic (exact) mass is 319 g/mol. The number of benzene rings is 1. The number of nitrogens with zero attached hydrogens (tertiary/aromatic N) is 4. The number of aryl methyl sites for hydroxylation is 1. The number of aliphatic hydroxyl groups is 1. The molecule has 0 aliphatic heterocycles. The van der Waals surface area contributed by atoms with E-state index in [2.05, 4.69) is 16.0 Å². The minimum atomic E-state index is 0.0308. The van der Waals surface area contributed by atoms with Gasteiger partial charge in [-0.25, -0.2) is 9.97 Å². The van der Waals surface area contributed by atoms with Crippen molar-refractivity contribution < 1.29 is 5.11 Å². The molecule has 24 heavy (non-hydrogen) atoms. The SMILES string of the molecule is BN(C)c1nc2[nH]c(-c3cccc(CO)c3)cc2c2c1ncn2C. The Labute approximate surface area is 140 Å². The van der Waals surface area contributed by atoms with Crippen molar-refractivity contribution in [3.63, 3.8) is 0 Å². The summed E-state index contributed by atoms with van der Waals surface area (Å²) in [7, 11) is 5.93. The molecule has 0 amide bonds. The van der Waals surface area contributed by atoms with Crippen molar-refractivity contribution in [2.24, 2.45) is 7.05 Å². The van der Waals surface area contributed by atoms with Gasteiger partial charge in [0.2, 0.25) is 7.98 Å². The number of aromatic amines is 1. The molecule has 120 valence electrons. The molecule has 7 heteroatoms. The van der Waals surface area contributed by atoms with Gasteiger partial charge >= 0.3 is 0 Å². The summed E-state index contributed by atoms with van der Waals surface area (Å²) in [6, 6.07) is 9.97. The molecule has 4 rings (SSSR count). The summed E-state index contributed by atoms with van der Waals surface area (Å²) in [5, 5.41) is 10.4. The van der Waals surface area contributed by atoms with Gasteiger partial charge in [0.1, 0.15) is 17.0 Å². The van der Waals surface area contributed by atoms with Crippen molar-refractivity contribution in [3.05, 3.63) is 42.2 Å². The second-order valence-electron chi connectivity index (χ2n) is 6.19. The van der Waals surface area contributed by atoms with Crippen LogP contribution in [0.4, 0.5) is 5.82 Å². The molecule has 0 fully saturated rings. The van der Waals surface area contributed by atoms with Gasteiger partial charge in [-0.15, -0.1) is 0 Å². The highest BCUT2D eigenvalue weighted by molar-refractivity contribution is 6.20. The molecule has 0 radical (unpaired) electrons. The van der Waals surface area contributed by atoms with Crippen LogP contribution in [0.5, 0.6) is 0 Å². The molecule has 0 bridgehead atoms. The van der Waals surface area contributed by atoms with Crippen molar-refractivity contribution >= 4 is 35.9 Å². The molecular weight excluding hydrogens is 301 g/mol. The normalized spacial score (nSPS) is 11.5. The van der Waals surface area contributed by atoms with E-state index in [-0.39, 0.29) is 6.61 Å². The van der Waals surface area contributed by atoms with E-state index < -0.39 is 0 Å². The summed E-state index contributed by atoms with van der Waals surface area (Å²) in [6.07, 6.45) is 1.82. The molecule has 1 aromatic carbocycles. The average molecular weight is 319 g/mol. The zero-order valence-corrected chi connectivity index (χ0v) is 13.9. The molecule has 4 aromatic rings. The number of hydrogen-bond acceptors (Lipinski definition) is 4. The summed E-state index contributed by atoms with van der Waals surface area (Å²) >= 11 is 0. The number of rotatable bonds is 3. The van der Waals surface area contributed by atoms with E-state index in [1.165, 1.54) is 0 Å². The lowest BCUT2D eigenvalue weighted by molar-refractivity contribution is 0.282. The average Bonchev–Trinajstić information content (AvgIpc) is 3.17. The number of aromatic nitrogens is 4. The first-order valence-corrected chi connectivity index (χ1v) is 7.79. The first kappa shape index (κ1) is 14.8. The number of hydrogen-bond donors (Lipinski definition) is 2. The van der Waals surface area contributed by atoms with Gasteiger partial charge in [0.05, 0.1) is 18.5 Å². The maximum Gasteiger partial charge on any atom is 0.219 e. The summed E-state index contributed by atoms with van der Waals surface area (Å²) in [6.45, 7) is 0.0308. The van der Waals surface area contributed by atoms with E-state index in [0.29, 0.717) is 0 Å². The Bertz CT molecular complexity index is 1050. The number of pyridine rings is 1. The number of anilines is 1. The smallest absolute Gasteiger partial charge is 0.219 e. The Hall–Kier alpha value is -2.80. The molecule has 0 aliphatic carbocycles. The quantitative estimate of drug-likeness (QED) is 0.563. The van der Waals surface area contributed by atoms with Gasteiger partial charge in [-0.1, -0.05) is 18.2 Å². The van der Waals surface area contributed by atoms with Gasteiger partial charge in [0, 0.05) is 18.1 Å². The number of H-pyrrole nitrogens is 1. The van der Waals surface area contributed by atoms with Gasteiger partial charge in [0.25, 0.3) is 0 Å². The van der Waals surface area contributed by atoms with Crippen LogP contribution in [0.1, 0.15) is 5.56 Å². The summed E-state index contributed by atoms with van der Waals surface area (Å²) < 4.78 is 2.02. The van der Waals surface area contributed by atoms with Crippen LogP contribution in [-0.4, -0.2) is 39.7 Å². The molecule has 0 saturated carbocycles. The lowest BCUT2D eigenvalue weighted by Crippen LogP contribution is -2.13. The molecule has 0 aliphatic rings. The fourth-order valence-corrected chi connectivity index (χ4v) is 3.09. The van der Waals surface area contributed by atoms with Gasteiger partial charge < -0.3 is 19.5 Å². The first-order chi connectivity index (χ1) is 11.6. The van der Waals surface area contributed by atoms with Crippen molar-refractivity contribution in [2.45, 2.75) is 6.61 Å². The fraction of sp³-hybridized carbons (Fsp3) is 0.176. The predicted molar refractivity (Wildman–Crippen MR) is 98.7 cm³/mol. The largest absolute Gasteiger partial charge is 0.408 e. The molecular formula is C17H18BN5O. The number of aliphatic hydroxyl groups excluding tert-OH is 1.